The molecule has 3 aliphatic rings. The molecule has 3 heterocycles. The van der Waals surface area contributed by atoms with Gasteiger partial charge in [0.15, 0.2) is 0 Å². The number of amides is 2. The second kappa shape index (κ2) is 9.28. The largest absolute Gasteiger partial charge is 0.496 e. The summed E-state index contributed by atoms with van der Waals surface area (Å²) < 4.78 is 58.6. The maximum absolute atomic E-state index is 12.8. The minimum absolute atomic E-state index is 0.0468. The predicted molar refractivity (Wildman–Crippen MR) is 133 cm³/mol. The summed E-state index contributed by atoms with van der Waals surface area (Å²) >= 11 is 0. The Bertz CT molecular complexity index is 1320. The van der Waals surface area contributed by atoms with Crippen molar-refractivity contribution in [3.63, 3.8) is 0 Å². The Morgan fingerprint density at radius 3 is 2.43 bits per heavy atom. The highest BCUT2D eigenvalue weighted by molar-refractivity contribution is 6.04. The first-order valence-electron chi connectivity index (χ1n) is 14.9. The molecule has 5 rings (SSSR count). The minimum atomic E-state index is -2.81. The number of rotatable bonds is 7. The molecule has 2 amide bonds. The molecule has 35 heavy (non-hydrogen) atoms. The van der Waals surface area contributed by atoms with Gasteiger partial charge >= 0.3 is 0 Å². The average molecular weight is 486 g/mol. The molecular formula is C26H33N5O4. The number of aromatic nitrogens is 2. The van der Waals surface area contributed by atoms with Crippen LogP contribution in [0.2, 0.25) is 0 Å². The molecule has 2 aliphatic heterocycles. The lowest BCUT2D eigenvalue weighted by molar-refractivity contribution is -0.127. The van der Waals surface area contributed by atoms with Crippen LogP contribution in [-0.4, -0.2) is 60.2 Å². The molecule has 9 nitrogen and oxygen atoms in total. The Hall–Kier alpha value is -3.49. The lowest BCUT2D eigenvalue weighted by Crippen LogP contribution is -2.41. The number of primary amides is 1. The van der Waals surface area contributed by atoms with E-state index in [-0.39, 0.29) is 52.1 Å². The molecule has 2 aromatic rings. The summed E-state index contributed by atoms with van der Waals surface area (Å²) in [7, 11) is -5.62. The second-order valence-electron chi connectivity index (χ2n) is 9.40. The lowest BCUT2D eigenvalue weighted by atomic mass is 9.87. The SMILES string of the molecule is [2H]C([2H])([2H])Oc1cc(-c2nn3c(c2C(N)=O)NCCC3C2CCN(C(=O)C=C)CC2)cc(OC([2H])([2H])[2H])c1C1CC1. The van der Waals surface area contributed by atoms with E-state index >= 15 is 0 Å². The maximum Gasteiger partial charge on any atom is 0.254 e. The molecule has 9 heteroatoms. The van der Waals surface area contributed by atoms with Crippen molar-refractivity contribution >= 4 is 17.6 Å². The lowest BCUT2D eigenvalue weighted by Gasteiger charge is -2.38. The van der Waals surface area contributed by atoms with Crippen LogP contribution in [0.3, 0.4) is 0 Å². The molecule has 1 atom stereocenters. The van der Waals surface area contributed by atoms with Crippen molar-refractivity contribution in [1.29, 1.82) is 0 Å². The number of fused-ring (bicyclic) bond motifs is 1. The van der Waals surface area contributed by atoms with Gasteiger partial charge in [-0.15, -0.1) is 0 Å². The highest BCUT2D eigenvalue weighted by Gasteiger charge is 2.37. The van der Waals surface area contributed by atoms with Crippen LogP contribution >= 0.6 is 0 Å². The molecule has 1 unspecified atom stereocenters. The fourth-order valence-corrected chi connectivity index (χ4v) is 5.49. The van der Waals surface area contributed by atoms with E-state index in [0.717, 1.165) is 32.1 Å². The third-order valence-electron chi connectivity index (χ3n) is 7.36. The zero-order valence-corrected chi connectivity index (χ0v) is 19.4. The number of nitrogens with zero attached hydrogens (tertiary/aromatic N) is 3. The van der Waals surface area contributed by atoms with E-state index in [1.807, 2.05) is 0 Å². The molecule has 0 bridgehead atoms. The average Bonchev–Trinajstić information content (AvgIpc) is 3.63. The van der Waals surface area contributed by atoms with Crippen molar-refractivity contribution in [2.45, 2.75) is 44.1 Å². The molecule has 0 spiro atoms. The van der Waals surface area contributed by atoms with E-state index in [1.54, 1.807) is 9.58 Å². The molecule has 1 saturated heterocycles. The first kappa shape index (κ1) is 17.0. The number of hydrogen-bond donors (Lipinski definition) is 2. The Morgan fingerprint density at radius 1 is 1.17 bits per heavy atom. The van der Waals surface area contributed by atoms with Crippen LogP contribution in [0.5, 0.6) is 11.5 Å². The zero-order valence-electron chi connectivity index (χ0n) is 25.4. The van der Waals surface area contributed by atoms with E-state index in [0.29, 0.717) is 31.0 Å². The quantitative estimate of drug-likeness (QED) is 0.582. The Kier molecular flexibility index (Phi) is 4.51. The van der Waals surface area contributed by atoms with Crippen LogP contribution in [0.4, 0.5) is 5.82 Å². The number of anilines is 1. The third-order valence-corrected chi connectivity index (χ3v) is 7.36. The molecule has 2 fully saturated rings. The van der Waals surface area contributed by atoms with Crippen LogP contribution in [0.25, 0.3) is 11.3 Å². The van der Waals surface area contributed by atoms with Gasteiger partial charge in [0.25, 0.3) is 5.91 Å². The molecule has 1 aromatic heterocycles. The van der Waals surface area contributed by atoms with Gasteiger partial charge in [-0.05, 0) is 62.1 Å². The fraction of sp³-hybridized carbons (Fsp3) is 0.500. The van der Waals surface area contributed by atoms with Crippen LogP contribution in [-0.2, 0) is 4.79 Å². The van der Waals surface area contributed by atoms with Crippen molar-refractivity contribution in [2.75, 3.05) is 39.0 Å². The smallest absolute Gasteiger partial charge is 0.254 e. The fourth-order valence-electron chi connectivity index (χ4n) is 5.49. The number of nitrogens with one attached hydrogen (secondary N) is 1. The molecule has 1 saturated carbocycles. The summed E-state index contributed by atoms with van der Waals surface area (Å²) in [5, 5.41) is 8.03. The highest BCUT2D eigenvalue weighted by atomic mass is 16.5. The van der Waals surface area contributed by atoms with E-state index < -0.39 is 20.0 Å². The summed E-state index contributed by atoms with van der Waals surface area (Å²) in [5.41, 5.74) is 6.73. The van der Waals surface area contributed by atoms with Gasteiger partial charge < -0.3 is 25.4 Å². The van der Waals surface area contributed by atoms with Gasteiger partial charge in [0, 0.05) is 30.8 Å². The topological polar surface area (TPSA) is 112 Å². The Balaban J connectivity index is 1.59. The predicted octanol–water partition coefficient (Wildman–Crippen LogP) is 3.32. The third kappa shape index (κ3) is 4.13. The van der Waals surface area contributed by atoms with Crippen molar-refractivity contribution in [3.8, 4) is 22.8 Å². The number of carbonyl (C=O) groups excluding carboxylic acids is 2. The number of piperidine rings is 1. The van der Waals surface area contributed by atoms with E-state index in [4.69, 9.17) is 28.5 Å². The van der Waals surface area contributed by atoms with Crippen molar-refractivity contribution in [2.24, 2.45) is 11.7 Å². The van der Waals surface area contributed by atoms with Gasteiger partial charge in [0.2, 0.25) is 5.91 Å². The number of benzene rings is 1. The van der Waals surface area contributed by atoms with Gasteiger partial charge in [-0.1, -0.05) is 6.58 Å². The van der Waals surface area contributed by atoms with Crippen molar-refractivity contribution < 1.29 is 27.3 Å². The summed E-state index contributed by atoms with van der Waals surface area (Å²) in [6.45, 7) is 5.30. The van der Waals surface area contributed by atoms with Gasteiger partial charge in [0.05, 0.1) is 28.3 Å². The normalized spacial score (nSPS) is 23.3. The van der Waals surface area contributed by atoms with Gasteiger partial charge in [-0.3, -0.25) is 9.59 Å². The van der Waals surface area contributed by atoms with Crippen molar-refractivity contribution in [1.82, 2.24) is 14.7 Å². The van der Waals surface area contributed by atoms with Gasteiger partial charge in [0.1, 0.15) is 28.6 Å². The van der Waals surface area contributed by atoms with Crippen LogP contribution in [0, 0.1) is 5.92 Å². The van der Waals surface area contributed by atoms with Crippen LogP contribution in [0.1, 0.15) is 68.2 Å². The number of carbonyl (C=O) groups is 2. The van der Waals surface area contributed by atoms with E-state index in [9.17, 15) is 9.59 Å². The number of ether oxygens (including phenoxy) is 2. The number of nitrogens with two attached hydrogens (primary N) is 1. The van der Waals surface area contributed by atoms with Crippen LogP contribution in [0.15, 0.2) is 24.8 Å². The first-order valence-corrected chi connectivity index (χ1v) is 11.9. The Morgan fingerprint density at radius 2 is 1.86 bits per heavy atom. The van der Waals surface area contributed by atoms with E-state index in [2.05, 4.69) is 11.9 Å². The van der Waals surface area contributed by atoms with Gasteiger partial charge in [-0.2, -0.15) is 5.10 Å². The molecule has 186 valence electrons. The molecule has 0 radical (unpaired) electrons. The van der Waals surface area contributed by atoms with E-state index in [1.165, 1.54) is 18.2 Å². The zero-order chi connectivity index (χ0) is 29.7. The summed E-state index contributed by atoms with van der Waals surface area (Å²) in [6.07, 6.45) is 4.98. The maximum atomic E-state index is 12.8. The first-order chi connectivity index (χ1) is 19.3. The molecule has 3 N–H and O–H groups in total. The number of likely N-dealkylation sites (tertiary alicyclic amines) is 1. The standard InChI is InChI=1S/C26H33N5O4/c1-4-21(32)30-11-8-15(9-12-30)18-7-10-28-26-23(25(27)33)24(29-31(18)26)17-13-19(34-2)22(16-5-6-16)20(14-17)35-3/h4,13-16,18,28H,1,5-12H2,2-3H3,(H2,27,33)/i2D3,3D3. The second-order valence-corrected chi connectivity index (χ2v) is 9.40. The summed E-state index contributed by atoms with van der Waals surface area (Å²) in [6, 6.07) is 2.84. The van der Waals surface area contributed by atoms with Crippen molar-refractivity contribution in [3.05, 3.63) is 35.9 Å². The number of hydrogen-bond acceptors (Lipinski definition) is 6. The minimum Gasteiger partial charge on any atom is -0.496 e. The summed E-state index contributed by atoms with van der Waals surface area (Å²) in [5.74, 6) is -0.441. The molecule has 1 aliphatic carbocycles. The summed E-state index contributed by atoms with van der Waals surface area (Å²) in [4.78, 5) is 26.6. The highest BCUT2D eigenvalue weighted by Crippen LogP contribution is 2.50. The van der Waals surface area contributed by atoms with Crippen LogP contribution < -0.4 is 20.5 Å². The molecular weight excluding hydrogens is 446 g/mol. The monoisotopic (exact) mass is 485 g/mol. The Labute approximate surface area is 213 Å². The van der Waals surface area contributed by atoms with Gasteiger partial charge in [-0.25, -0.2) is 4.68 Å². The molecule has 1 aromatic carbocycles. The number of methoxy groups -OCH3 is 2.